The third-order valence-corrected chi connectivity index (χ3v) is 7.12. The number of hydrogen-bond donors (Lipinski definition) is 3. The van der Waals surface area contributed by atoms with Gasteiger partial charge in [-0.1, -0.05) is 26.0 Å². The van der Waals surface area contributed by atoms with Crippen LogP contribution in [0.5, 0.6) is 0 Å². The van der Waals surface area contributed by atoms with Gasteiger partial charge in [0.2, 0.25) is 11.8 Å². The van der Waals surface area contributed by atoms with Crippen LogP contribution in [0.25, 0.3) is 10.4 Å². The Balaban J connectivity index is 1.50. The Morgan fingerprint density at radius 1 is 1.28 bits per heavy atom. The Kier molecular flexibility index (Phi) is 6.62. The van der Waals surface area contributed by atoms with E-state index in [1.54, 1.807) is 29.4 Å². The monoisotopic (exact) mass is 454 g/mol. The van der Waals surface area contributed by atoms with Crippen molar-refractivity contribution in [1.29, 1.82) is 0 Å². The van der Waals surface area contributed by atoms with Crippen molar-refractivity contribution in [3.8, 4) is 10.4 Å². The van der Waals surface area contributed by atoms with Crippen LogP contribution in [0.15, 0.2) is 35.7 Å². The minimum Gasteiger partial charge on any atom is -0.352 e. The molecule has 1 aromatic carbocycles. The molecule has 170 valence electrons. The molecule has 2 aliphatic rings. The van der Waals surface area contributed by atoms with Crippen molar-refractivity contribution >= 4 is 34.7 Å². The van der Waals surface area contributed by atoms with Gasteiger partial charge in [0, 0.05) is 17.5 Å². The average Bonchev–Trinajstić information content (AvgIpc) is 3.29. The number of likely N-dealkylation sites (N-methyl/N-ethyl adjacent to an activating group) is 1. The van der Waals surface area contributed by atoms with Crippen LogP contribution < -0.4 is 16.0 Å². The topological polar surface area (TPSA) is 90.5 Å². The van der Waals surface area contributed by atoms with Crippen LogP contribution in [0.3, 0.4) is 0 Å². The third kappa shape index (κ3) is 4.56. The summed E-state index contributed by atoms with van der Waals surface area (Å²) in [5.74, 6) is -0.00142. The van der Waals surface area contributed by atoms with E-state index in [4.69, 9.17) is 0 Å². The maximum atomic E-state index is 13.4. The van der Waals surface area contributed by atoms with Crippen LogP contribution in [0.4, 0.5) is 5.69 Å². The minimum absolute atomic E-state index is 0.0520. The van der Waals surface area contributed by atoms with Crippen molar-refractivity contribution in [2.24, 2.45) is 5.92 Å². The Labute approximate surface area is 192 Å². The molecule has 4 rings (SSSR count). The molecule has 2 aromatic rings. The lowest BCUT2D eigenvalue weighted by molar-refractivity contribution is -0.126. The summed E-state index contributed by atoms with van der Waals surface area (Å²) >= 11 is 1.61. The predicted octanol–water partition coefficient (Wildman–Crippen LogP) is 3.09. The largest absolute Gasteiger partial charge is 0.352 e. The average molecular weight is 455 g/mol. The van der Waals surface area contributed by atoms with Crippen LogP contribution in [-0.4, -0.2) is 54.3 Å². The van der Waals surface area contributed by atoms with Gasteiger partial charge in [0.05, 0.1) is 17.3 Å². The van der Waals surface area contributed by atoms with Gasteiger partial charge in [-0.05, 0) is 61.4 Å². The number of fused-ring (bicyclic) bond motifs is 2. The normalized spacial score (nSPS) is 21.4. The number of carbonyl (C=O) groups is 3. The van der Waals surface area contributed by atoms with Gasteiger partial charge in [-0.25, -0.2) is 0 Å². The maximum Gasteiger partial charge on any atom is 0.256 e. The fourth-order valence-electron chi connectivity index (χ4n) is 4.51. The molecule has 0 saturated carbocycles. The number of piperidine rings is 1. The molecule has 8 heteroatoms. The number of hydrogen-bond acceptors (Lipinski definition) is 5. The molecule has 0 aliphatic carbocycles. The molecule has 2 aliphatic heterocycles. The second kappa shape index (κ2) is 9.42. The van der Waals surface area contributed by atoms with Crippen molar-refractivity contribution in [3.05, 3.63) is 41.3 Å². The molecular formula is C24H30N4O3S. The number of benzene rings is 1. The van der Waals surface area contributed by atoms with Crippen LogP contribution >= 0.6 is 11.3 Å². The summed E-state index contributed by atoms with van der Waals surface area (Å²) in [7, 11) is 1.79. The van der Waals surface area contributed by atoms with E-state index >= 15 is 0 Å². The first kappa shape index (κ1) is 22.5. The van der Waals surface area contributed by atoms with Gasteiger partial charge in [-0.3, -0.25) is 14.4 Å². The lowest BCUT2D eigenvalue weighted by atomic mass is 9.95. The molecule has 1 aromatic heterocycles. The number of thiophene rings is 1. The highest BCUT2D eigenvalue weighted by molar-refractivity contribution is 7.13. The van der Waals surface area contributed by atoms with Crippen LogP contribution in [0.2, 0.25) is 0 Å². The van der Waals surface area contributed by atoms with Crippen molar-refractivity contribution < 1.29 is 14.4 Å². The molecule has 0 unspecified atom stereocenters. The van der Waals surface area contributed by atoms with Gasteiger partial charge in [-0.2, -0.15) is 0 Å². The molecule has 3 amide bonds. The van der Waals surface area contributed by atoms with Crippen LogP contribution in [0.1, 0.15) is 43.5 Å². The Morgan fingerprint density at radius 2 is 2.09 bits per heavy atom. The summed E-state index contributed by atoms with van der Waals surface area (Å²) in [6.07, 6.45) is 1.78. The van der Waals surface area contributed by atoms with E-state index in [2.05, 4.69) is 29.8 Å². The molecule has 0 radical (unpaired) electrons. The molecule has 3 N–H and O–H groups in total. The highest BCUT2D eigenvalue weighted by atomic mass is 32.1. The summed E-state index contributed by atoms with van der Waals surface area (Å²) in [6.45, 7) is 4.59. The molecular weight excluding hydrogens is 424 g/mol. The molecule has 0 spiro atoms. The molecule has 3 atom stereocenters. The van der Waals surface area contributed by atoms with Gasteiger partial charge in [0.1, 0.15) is 6.04 Å². The lowest BCUT2D eigenvalue weighted by Gasteiger charge is -2.37. The fourth-order valence-corrected chi connectivity index (χ4v) is 5.24. The fraction of sp³-hybridized carbons (Fsp3) is 0.458. The number of nitrogens with zero attached hydrogens (tertiary/aromatic N) is 1. The van der Waals surface area contributed by atoms with E-state index in [0.29, 0.717) is 36.6 Å². The number of amides is 3. The first-order chi connectivity index (χ1) is 15.4. The second-order valence-electron chi connectivity index (χ2n) is 8.94. The molecule has 0 bridgehead atoms. The second-order valence-corrected chi connectivity index (χ2v) is 9.89. The van der Waals surface area contributed by atoms with Crippen LogP contribution in [-0.2, 0) is 9.59 Å². The third-order valence-electron chi connectivity index (χ3n) is 6.20. The minimum atomic E-state index is -0.600. The predicted molar refractivity (Wildman–Crippen MR) is 127 cm³/mol. The molecule has 32 heavy (non-hydrogen) atoms. The Bertz CT molecular complexity index is 1000. The zero-order valence-corrected chi connectivity index (χ0v) is 19.5. The van der Waals surface area contributed by atoms with Crippen molar-refractivity contribution in [3.63, 3.8) is 0 Å². The van der Waals surface area contributed by atoms with E-state index in [1.165, 1.54) is 0 Å². The first-order valence-electron chi connectivity index (χ1n) is 11.1. The van der Waals surface area contributed by atoms with E-state index in [0.717, 1.165) is 16.9 Å². The van der Waals surface area contributed by atoms with Crippen molar-refractivity contribution in [2.45, 2.75) is 51.2 Å². The van der Waals surface area contributed by atoms with E-state index < -0.39 is 6.04 Å². The van der Waals surface area contributed by atoms with Gasteiger partial charge < -0.3 is 20.9 Å². The molecule has 7 nitrogen and oxygen atoms in total. The zero-order valence-electron chi connectivity index (χ0n) is 18.7. The lowest BCUT2D eigenvalue weighted by Crippen LogP contribution is -2.56. The standard InChI is InChI=1S/C24H30N4O3S/c1-14(2)11-19(25-3)22(29)26-16-8-9-28-20(13-16)23(30)27-18-7-6-15(12-17(18)24(28)31)21-5-4-10-32-21/h4-7,10,12,14,16,19-20,25H,8-9,11,13H2,1-3H3,(H,26,29)(H,27,30)/t16-,19-,20-/m0/s1. The molecule has 1 fully saturated rings. The summed E-state index contributed by atoms with van der Waals surface area (Å²) in [6, 6.07) is 8.58. The summed E-state index contributed by atoms with van der Waals surface area (Å²) < 4.78 is 0. The number of anilines is 1. The highest BCUT2D eigenvalue weighted by Crippen LogP contribution is 2.33. The molecule has 1 saturated heterocycles. The Morgan fingerprint density at radius 3 is 2.78 bits per heavy atom. The van der Waals surface area contributed by atoms with Crippen molar-refractivity contribution in [1.82, 2.24) is 15.5 Å². The maximum absolute atomic E-state index is 13.4. The molecule has 3 heterocycles. The Hall–Kier alpha value is -2.71. The zero-order chi connectivity index (χ0) is 22.8. The number of carbonyl (C=O) groups excluding carboxylic acids is 3. The summed E-state index contributed by atoms with van der Waals surface area (Å²) in [5.41, 5.74) is 2.02. The number of rotatable bonds is 6. The SMILES string of the molecule is CN[C@@H](CC(C)C)C(=O)N[C@H]1CCN2C(=O)c3cc(-c4cccs4)ccc3NC(=O)[C@@H]2C1. The van der Waals surface area contributed by atoms with Gasteiger partial charge in [0.15, 0.2) is 0 Å². The smallest absolute Gasteiger partial charge is 0.256 e. The highest BCUT2D eigenvalue weighted by Gasteiger charge is 2.40. The van der Waals surface area contributed by atoms with E-state index in [9.17, 15) is 14.4 Å². The van der Waals surface area contributed by atoms with Gasteiger partial charge in [0.25, 0.3) is 5.91 Å². The van der Waals surface area contributed by atoms with Crippen LogP contribution in [0, 0.1) is 5.92 Å². The van der Waals surface area contributed by atoms with E-state index in [-0.39, 0.29) is 29.8 Å². The van der Waals surface area contributed by atoms with Gasteiger partial charge >= 0.3 is 0 Å². The quantitative estimate of drug-likeness (QED) is 0.626. The van der Waals surface area contributed by atoms with E-state index in [1.807, 2.05) is 29.6 Å². The number of nitrogens with one attached hydrogen (secondary N) is 3. The van der Waals surface area contributed by atoms with Gasteiger partial charge in [-0.15, -0.1) is 11.3 Å². The first-order valence-corrected chi connectivity index (χ1v) is 12.0. The van der Waals surface area contributed by atoms with Crippen molar-refractivity contribution in [2.75, 3.05) is 18.9 Å². The summed E-state index contributed by atoms with van der Waals surface area (Å²) in [4.78, 5) is 41.9. The summed E-state index contributed by atoms with van der Waals surface area (Å²) in [5, 5.41) is 11.1.